The molecule has 1 amide bonds. The van der Waals surface area contributed by atoms with E-state index in [1.54, 1.807) is 6.20 Å². The lowest BCUT2D eigenvalue weighted by molar-refractivity contribution is 0.0949. The van der Waals surface area contributed by atoms with Crippen molar-refractivity contribution >= 4 is 11.6 Å². The maximum atomic E-state index is 12.2. The maximum absolute atomic E-state index is 12.2. The third-order valence-electron chi connectivity index (χ3n) is 3.34. The Morgan fingerprint density at radius 3 is 3.16 bits per heavy atom. The molecule has 1 aliphatic heterocycles. The van der Waals surface area contributed by atoms with Gasteiger partial charge in [-0.25, -0.2) is 0 Å². The second kappa shape index (κ2) is 5.14. The summed E-state index contributed by atoms with van der Waals surface area (Å²) in [5.74, 6) is -0.0323. The van der Waals surface area contributed by atoms with Crippen molar-refractivity contribution in [3.63, 3.8) is 0 Å². The Labute approximate surface area is 111 Å². The number of carbonyl (C=O) groups is 1. The zero-order chi connectivity index (χ0) is 13.1. The molecular formula is C14H16N4O. The van der Waals surface area contributed by atoms with Crippen LogP contribution in [0, 0.1) is 0 Å². The van der Waals surface area contributed by atoms with E-state index in [2.05, 4.69) is 20.8 Å². The van der Waals surface area contributed by atoms with Gasteiger partial charge in [-0.05, 0) is 36.6 Å². The van der Waals surface area contributed by atoms with Crippen LogP contribution in [-0.4, -0.2) is 22.6 Å². The van der Waals surface area contributed by atoms with Crippen LogP contribution in [0.1, 0.15) is 28.0 Å². The van der Waals surface area contributed by atoms with Gasteiger partial charge in [-0.2, -0.15) is 5.10 Å². The van der Waals surface area contributed by atoms with Gasteiger partial charge >= 0.3 is 0 Å². The molecule has 0 radical (unpaired) electrons. The third kappa shape index (κ3) is 2.45. The molecule has 2 heterocycles. The fourth-order valence-electron chi connectivity index (χ4n) is 2.38. The summed E-state index contributed by atoms with van der Waals surface area (Å²) in [5.41, 5.74) is 3.87. The first-order valence-corrected chi connectivity index (χ1v) is 6.47. The molecule has 1 aromatic heterocycles. The SMILES string of the molecule is O=C(NCc1ccn[nH]1)c1cccc2c1CCCN2. The Balaban J connectivity index is 1.76. The molecule has 3 N–H and O–H groups in total. The van der Waals surface area contributed by atoms with Crippen LogP contribution >= 0.6 is 0 Å². The molecule has 1 aliphatic rings. The number of fused-ring (bicyclic) bond motifs is 1. The van der Waals surface area contributed by atoms with Gasteiger partial charge in [-0.1, -0.05) is 6.07 Å². The van der Waals surface area contributed by atoms with E-state index in [-0.39, 0.29) is 5.91 Å². The van der Waals surface area contributed by atoms with Crippen molar-refractivity contribution in [3.8, 4) is 0 Å². The number of nitrogens with zero attached hydrogens (tertiary/aromatic N) is 1. The number of benzene rings is 1. The summed E-state index contributed by atoms with van der Waals surface area (Å²) in [6.45, 7) is 1.45. The standard InChI is InChI=1S/C14H16N4O/c19-14(16-9-10-6-8-17-18-10)12-3-1-5-13-11(12)4-2-7-15-13/h1,3,5-6,8,15H,2,4,7,9H2,(H,16,19)(H,17,18). The van der Waals surface area contributed by atoms with Crippen molar-refractivity contribution in [1.29, 1.82) is 0 Å². The number of amides is 1. The van der Waals surface area contributed by atoms with Gasteiger partial charge in [0.2, 0.25) is 0 Å². The number of aromatic nitrogens is 2. The third-order valence-corrected chi connectivity index (χ3v) is 3.34. The van der Waals surface area contributed by atoms with Gasteiger partial charge < -0.3 is 10.6 Å². The first kappa shape index (κ1) is 11.8. The van der Waals surface area contributed by atoms with Crippen LogP contribution in [0.5, 0.6) is 0 Å². The van der Waals surface area contributed by atoms with Gasteiger partial charge in [-0.3, -0.25) is 9.89 Å². The minimum atomic E-state index is -0.0323. The zero-order valence-electron chi connectivity index (χ0n) is 10.6. The van der Waals surface area contributed by atoms with E-state index in [1.807, 2.05) is 24.3 Å². The topological polar surface area (TPSA) is 69.8 Å². The normalized spacial score (nSPS) is 13.5. The Kier molecular flexibility index (Phi) is 3.18. The van der Waals surface area contributed by atoms with Crippen molar-refractivity contribution in [3.05, 3.63) is 47.3 Å². The first-order valence-electron chi connectivity index (χ1n) is 6.47. The fourth-order valence-corrected chi connectivity index (χ4v) is 2.38. The molecule has 19 heavy (non-hydrogen) atoms. The number of aromatic amines is 1. The fraction of sp³-hybridized carbons (Fsp3) is 0.286. The highest BCUT2D eigenvalue weighted by molar-refractivity contribution is 5.97. The van der Waals surface area contributed by atoms with Crippen molar-refractivity contribution in [2.45, 2.75) is 19.4 Å². The van der Waals surface area contributed by atoms with Crippen molar-refractivity contribution in [1.82, 2.24) is 15.5 Å². The molecule has 0 unspecified atom stereocenters. The Hall–Kier alpha value is -2.30. The molecule has 0 saturated heterocycles. The second-order valence-electron chi connectivity index (χ2n) is 4.63. The zero-order valence-corrected chi connectivity index (χ0v) is 10.6. The number of anilines is 1. The lowest BCUT2D eigenvalue weighted by Gasteiger charge is -2.20. The summed E-state index contributed by atoms with van der Waals surface area (Å²) in [7, 11) is 0. The van der Waals surface area contributed by atoms with Crippen molar-refractivity contribution in [2.24, 2.45) is 0 Å². The van der Waals surface area contributed by atoms with E-state index >= 15 is 0 Å². The smallest absolute Gasteiger partial charge is 0.251 e. The molecule has 0 bridgehead atoms. The number of carbonyl (C=O) groups excluding carboxylic acids is 1. The number of hydrogen-bond acceptors (Lipinski definition) is 3. The van der Waals surface area contributed by atoms with Gasteiger partial charge in [-0.15, -0.1) is 0 Å². The molecule has 0 fully saturated rings. The summed E-state index contributed by atoms with van der Waals surface area (Å²) < 4.78 is 0. The predicted molar refractivity (Wildman–Crippen MR) is 73.0 cm³/mol. The van der Waals surface area contributed by atoms with Gasteiger partial charge in [0, 0.05) is 24.0 Å². The summed E-state index contributed by atoms with van der Waals surface area (Å²) in [6.07, 6.45) is 3.70. The highest BCUT2D eigenvalue weighted by atomic mass is 16.1. The molecule has 5 nitrogen and oxygen atoms in total. The van der Waals surface area contributed by atoms with Crippen LogP contribution in [0.2, 0.25) is 0 Å². The Morgan fingerprint density at radius 2 is 2.32 bits per heavy atom. The van der Waals surface area contributed by atoms with Crippen molar-refractivity contribution in [2.75, 3.05) is 11.9 Å². The monoisotopic (exact) mass is 256 g/mol. The van der Waals surface area contributed by atoms with Crippen LogP contribution < -0.4 is 10.6 Å². The van der Waals surface area contributed by atoms with Gasteiger partial charge in [0.15, 0.2) is 0 Å². The molecule has 0 atom stereocenters. The van der Waals surface area contributed by atoms with E-state index in [4.69, 9.17) is 0 Å². The molecule has 5 heteroatoms. The molecule has 0 aliphatic carbocycles. The highest BCUT2D eigenvalue weighted by Gasteiger charge is 2.16. The summed E-state index contributed by atoms with van der Waals surface area (Å²) in [6, 6.07) is 7.68. The quantitative estimate of drug-likeness (QED) is 0.782. The van der Waals surface area contributed by atoms with Gasteiger partial charge in [0.05, 0.1) is 12.2 Å². The molecule has 2 aromatic rings. The summed E-state index contributed by atoms with van der Waals surface area (Å²) >= 11 is 0. The van der Waals surface area contributed by atoms with Gasteiger partial charge in [0.1, 0.15) is 0 Å². The number of hydrogen-bond donors (Lipinski definition) is 3. The first-order chi connectivity index (χ1) is 9.34. The lowest BCUT2D eigenvalue weighted by Crippen LogP contribution is -2.25. The minimum absolute atomic E-state index is 0.0323. The molecule has 0 spiro atoms. The summed E-state index contributed by atoms with van der Waals surface area (Å²) in [4.78, 5) is 12.2. The van der Waals surface area contributed by atoms with E-state index in [0.717, 1.165) is 41.9 Å². The highest BCUT2D eigenvalue weighted by Crippen LogP contribution is 2.25. The molecular weight excluding hydrogens is 240 g/mol. The van der Waals surface area contributed by atoms with Gasteiger partial charge in [0.25, 0.3) is 5.91 Å². The number of nitrogens with one attached hydrogen (secondary N) is 3. The van der Waals surface area contributed by atoms with Crippen LogP contribution in [0.25, 0.3) is 0 Å². The molecule has 3 rings (SSSR count). The number of H-pyrrole nitrogens is 1. The average Bonchev–Trinajstić information content (AvgIpc) is 2.97. The Bertz CT molecular complexity index is 577. The summed E-state index contributed by atoms with van der Waals surface area (Å²) in [5, 5.41) is 12.9. The van der Waals surface area contributed by atoms with E-state index in [9.17, 15) is 4.79 Å². The van der Waals surface area contributed by atoms with Crippen LogP contribution in [0.3, 0.4) is 0 Å². The minimum Gasteiger partial charge on any atom is -0.385 e. The van der Waals surface area contributed by atoms with Crippen molar-refractivity contribution < 1.29 is 4.79 Å². The Morgan fingerprint density at radius 1 is 1.37 bits per heavy atom. The molecule has 0 saturated carbocycles. The van der Waals surface area contributed by atoms with E-state index in [0.29, 0.717) is 6.54 Å². The maximum Gasteiger partial charge on any atom is 0.251 e. The number of rotatable bonds is 3. The van der Waals surface area contributed by atoms with E-state index < -0.39 is 0 Å². The predicted octanol–water partition coefficient (Wildman–Crippen LogP) is 1.70. The molecule has 1 aromatic carbocycles. The molecule has 98 valence electrons. The van der Waals surface area contributed by atoms with Crippen LogP contribution in [0.4, 0.5) is 5.69 Å². The average molecular weight is 256 g/mol. The largest absolute Gasteiger partial charge is 0.385 e. The van der Waals surface area contributed by atoms with Crippen LogP contribution in [0.15, 0.2) is 30.5 Å². The second-order valence-corrected chi connectivity index (χ2v) is 4.63. The lowest BCUT2D eigenvalue weighted by atomic mass is 9.97. The van der Waals surface area contributed by atoms with E-state index in [1.165, 1.54) is 0 Å². The van der Waals surface area contributed by atoms with Crippen LogP contribution in [-0.2, 0) is 13.0 Å².